The molecule has 0 amide bonds. The van der Waals surface area contributed by atoms with E-state index < -0.39 is 0 Å². The Labute approximate surface area is 185 Å². The summed E-state index contributed by atoms with van der Waals surface area (Å²) in [5.41, 5.74) is 3.44. The molecule has 1 atom stereocenters. The lowest BCUT2D eigenvalue weighted by atomic mass is 10.00. The van der Waals surface area contributed by atoms with Gasteiger partial charge in [0.1, 0.15) is 12.4 Å². The average molecular weight is 421 g/mol. The summed E-state index contributed by atoms with van der Waals surface area (Å²) in [6.45, 7) is 5.43. The molecule has 3 aromatic rings. The third-order valence-electron chi connectivity index (χ3n) is 4.89. The molecule has 0 aromatic heterocycles. The first-order valence-electron chi connectivity index (χ1n) is 10.9. The number of para-hydroxylation sites is 1. The zero-order valence-electron chi connectivity index (χ0n) is 18.2. The van der Waals surface area contributed by atoms with Gasteiger partial charge in [-0.1, -0.05) is 78.9 Å². The fourth-order valence-electron chi connectivity index (χ4n) is 3.31. The second-order valence-corrected chi connectivity index (χ2v) is 7.17. The molecule has 0 heterocycles. The zero-order valence-corrected chi connectivity index (χ0v) is 18.2. The molecule has 0 fully saturated rings. The van der Waals surface area contributed by atoms with Crippen molar-refractivity contribution >= 4 is 0 Å². The van der Waals surface area contributed by atoms with Gasteiger partial charge in [-0.15, -0.1) is 0 Å². The molecule has 1 unspecified atom stereocenters. The Balaban J connectivity index is 1.66. The van der Waals surface area contributed by atoms with Crippen molar-refractivity contribution in [3.05, 3.63) is 102 Å². The SMILES string of the molecule is CCOCCOCCOc1ccccc1C(Cc1ccccc1)OCc1ccccc1. The Morgan fingerprint density at radius 3 is 2.00 bits per heavy atom. The third-order valence-corrected chi connectivity index (χ3v) is 4.89. The molecule has 0 aliphatic carbocycles. The standard InChI is InChI=1S/C27H32O4/c1-2-28-17-18-29-19-20-30-26-16-10-9-15-25(26)27(21-23-11-5-3-6-12-23)31-22-24-13-7-4-8-14-24/h3-16,27H,2,17-22H2,1H3. The van der Waals surface area contributed by atoms with Crippen molar-refractivity contribution in [1.29, 1.82) is 0 Å². The molecule has 0 aliphatic rings. The number of ether oxygens (including phenoxy) is 4. The zero-order chi connectivity index (χ0) is 21.6. The molecule has 4 nitrogen and oxygen atoms in total. The van der Waals surface area contributed by atoms with Crippen molar-refractivity contribution < 1.29 is 18.9 Å². The summed E-state index contributed by atoms with van der Waals surface area (Å²) < 4.78 is 23.3. The van der Waals surface area contributed by atoms with Crippen LogP contribution in [0.1, 0.15) is 29.7 Å². The third kappa shape index (κ3) is 8.18. The molecule has 3 aromatic carbocycles. The van der Waals surface area contributed by atoms with Gasteiger partial charge in [0.15, 0.2) is 0 Å². The lowest BCUT2D eigenvalue weighted by molar-refractivity contribution is 0.0322. The lowest BCUT2D eigenvalue weighted by Crippen LogP contribution is -2.13. The number of hydrogen-bond donors (Lipinski definition) is 0. The maximum absolute atomic E-state index is 6.40. The van der Waals surface area contributed by atoms with Gasteiger partial charge in [0.05, 0.1) is 32.5 Å². The van der Waals surface area contributed by atoms with E-state index in [0.29, 0.717) is 39.6 Å². The maximum atomic E-state index is 6.40. The minimum Gasteiger partial charge on any atom is -0.491 e. The van der Waals surface area contributed by atoms with Gasteiger partial charge in [-0.3, -0.25) is 0 Å². The lowest BCUT2D eigenvalue weighted by Gasteiger charge is -2.22. The van der Waals surface area contributed by atoms with E-state index in [-0.39, 0.29) is 6.10 Å². The molecule has 0 saturated carbocycles. The van der Waals surface area contributed by atoms with Crippen LogP contribution < -0.4 is 4.74 Å². The summed E-state index contributed by atoms with van der Waals surface area (Å²) in [7, 11) is 0. The minimum atomic E-state index is -0.113. The quantitative estimate of drug-likeness (QED) is 0.317. The number of benzene rings is 3. The van der Waals surface area contributed by atoms with Crippen LogP contribution in [0.15, 0.2) is 84.9 Å². The first kappa shape index (κ1) is 23.0. The Bertz CT molecular complexity index is 851. The summed E-state index contributed by atoms with van der Waals surface area (Å²) in [6.07, 6.45) is 0.663. The topological polar surface area (TPSA) is 36.9 Å². The highest BCUT2D eigenvalue weighted by molar-refractivity contribution is 5.36. The van der Waals surface area contributed by atoms with E-state index in [4.69, 9.17) is 18.9 Å². The van der Waals surface area contributed by atoms with E-state index in [2.05, 4.69) is 42.5 Å². The molecule has 0 bridgehead atoms. The van der Waals surface area contributed by atoms with E-state index >= 15 is 0 Å². The minimum absolute atomic E-state index is 0.113. The average Bonchev–Trinajstić information content (AvgIpc) is 2.83. The molecule has 0 radical (unpaired) electrons. The highest BCUT2D eigenvalue weighted by atomic mass is 16.5. The molecule has 3 rings (SSSR count). The molecule has 0 spiro atoms. The van der Waals surface area contributed by atoms with Crippen molar-refractivity contribution in [3.8, 4) is 5.75 Å². The van der Waals surface area contributed by atoms with Crippen LogP contribution in [-0.4, -0.2) is 33.0 Å². The molecule has 0 N–H and O–H groups in total. The number of rotatable bonds is 14. The second kappa shape index (κ2) is 13.6. The maximum Gasteiger partial charge on any atom is 0.125 e. The van der Waals surface area contributed by atoms with Crippen LogP contribution in [-0.2, 0) is 27.2 Å². The van der Waals surface area contributed by atoms with Gasteiger partial charge in [-0.2, -0.15) is 0 Å². The van der Waals surface area contributed by atoms with Crippen molar-refractivity contribution in [2.75, 3.05) is 33.0 Å². The van der Waals surface area contributed by atoms with Crippen molar-refractivity contribution in [3.63, 3.8) is 0 Å². The van der Waals surface area contributed by atoms with Crippen molar-refractivity contribution in [1.82, 2.24) is 0 Å². The monoisotopic (exact) mass is 420 g/mol. The predicted molar refractivity (Wildman–Crippen MR) is 123 cm³/mol. The molecular formula is C27H32O4. The van der Waals surface area contributed by atoms with Crippen LogP contribution in [0.25, 0.3) is 0 Å². The van der Waals surface area contributed by atoms with E-state index in [1.165, 1.54) is 5.56 Å². The fourth-order valence-corrected chi connectivity index (χ4v) is 3.31. The van der Waals surface area contributed by atoms with Crippen LogP contribution in [0.2, 0.25) is 0 Å². The van der Waals surface area contributed by atoms with Gasteiger partial charge >= 0.3 is 0 Å². The summed E-state index contributed by atoms with van der Waals surface area (Å²) in [5.74, 6) is 0.838. The van der Waals surface area contributed by atoms with Crippen LogP contribution in [0.4, 0.5) is 0 Å². The summed E-state index contributed by atoms with van der Waals surface area (Å²) in [5, 5.41) is 0. The van der Waals surface area contributed by atoms with Crippen LogP contribution in [0.5, 0.6) is 5.75 Å². The van der Waals surface area contributed by atoms with E-state index in [9.17, 15) is 0 Å². The van der Waals surface area contributed by atoms with Gasteiger partial charge < -0.3 is 18.9 Å². The van der Waals surface area contributed by atoms with Crippen LogP contribution in [0, 0.1) is 0 Å². The summed E-state index contributed by atoms with van der Waals surface area (Å²) in [6, 6.07) is 28.8. The fraction of sp³-hybridized carbons (Fsp3) is 0.333. The Morgan fingerprint density at radius 1 is 0.645 bits per heavy atom. The first-order valence-corrected chi connectivity index (χ1v) is 10.9. The van der Waals surface area contributed by atoms with E-state index in [1.807, 2.05) is 49.4 Å². The summed E-state index contributed by atoms with van der Waals surface area (Å²) >= 11 is 0. The van der Waals surface area contributed by atoms with Crippen molar-refractivity contribution in [2.24, 2.45) is 0 Å². The molecule has 0 aliphatic heterocycles. The van der Waals surface area contributed by atoms with Crippen molar-refractivity contribution in [2.45, 2.75) is 26.1 Å². The molecule has 164 valence electrons. The molecule has 31 heavy (non-hydrogen) atoms. The normalized spacial score (nSPS) is 11.9. The van der Waals surface area contributed by atoms with Gasteiger partial charge in [0.2, 0.25) is 0 Å². The van der Waals surface area contributed by atoms with E-state index in [0.717, 1.165) is 23.3 Å². The highest BCUT2D eigenvalue weighted by Gasteiger charge is 2.18. The number of hydrogen-bond acceptors (Lipinski definition) is 4. The highest BCUT2D eigenvalue weighted by Crippen LogP contribution is 2.31. The van der Waals surface area contributed by atoms with Gasteiger partial charge in [0.25, 0.3) is 0 Å². The van der Waals surface area contributed by atoms with Gasteiger partial charge in [0, 0.05) is 18.6 Å². The van der Waals surface area contributed by atoms with Gasteiger partial charge in [-0.25, -0.2) is 0 Å². The Kier molecular flexibility index (Phi) is 10.1. The smallest absolute Gasteiger partial charge is 0.125 e. The van der Waals surface area contributed by atoms with E-state index in [1.54, 1.807) is 0 Å². The Hall–Kier alpha value is -2.66. The molecule has 0 saturated heterocycles. The predicted octanol–water partition coefficient (Wildman–Crippen LogP) is 5.62. The largest absolute Gasteiger partial charge is 0.491 e. The van der Waals surface area contributed by atoms with Gasteiger partial charge in [-0.05, 0) is 24.1 Å². The Morgan fingerprint density at radius 2 is 1.26 bits per heavy atom. The second-order valence-electron chi connectivity index (χ2n) is 7.17. The first-order chi connectivity index (χ1) is 15.4. The molecular weight excluding hydrogens is 388 g/mol. The summed E-state index contributed by atoms with van der Waals surface area (Å²) in [4.78, 5) is 0. The molecule has 4 heteroatoms. The van der Waals surface area contributed by atoms with Crippen LogP contribution >= 0.6 is 0 Å². The van der Waals surface area contributed by atoms with Crippen LogP contribution in [0.3, 0.4) is 0 Å².